The molecule has 0 aromatic carbocycles. The number of sulfone groups is 2. The van der Waals surface area contributed by atoms with Crippen LogP contribution in [-0.2, 0) is 19.7 Å². The van der Waals surface area contributed by atoms with Gasteiger partial charge in [0.1, 0.15) is 4.21 Å². The van der Waals surface area contributed by atoms with Crippen LogP contribution in [0.1, 0.15) is 20.8 Å². The monoisotopic (exact) mass is 565 g/mol. The summed E-state index contributed by atoms with van der Waals surface area (Å²) in [6, 6.07) is 3.16. The predicted octanol–water partition coefficient (Wildman–Crippen LogP) is 0.975. The van der Waals surface area contributed by atoms with Gasteiger partial charge in [-0.15, -0.1) is 35.3 Å². The second-order valence-electron chi connectivity index (χ2n) is 7.06. The molecule has 0 radical (unpaired) electrons. The molecule has 0 bridgehead atoms. The van der Waals surface area contributed by atoms with E-state index in [1.165, 1.54) is 6.07 Å². The minimum absolute atomic E-state index is 0. The van der Waals surface area contributed by atoms with Crippen LogP contribution in [0.5, 0.6) is 0 Å². The molecular formula is C16H28IN3O5S3. The van der Waals surface area contributed by atoms with Crippen molar-refractivity contribution < 1.29 is 21.9 Å². The zero-order chi connectivity index (χ0) is 20.3. The molecule has 0 saturated carbocycles. The molecule has 2 rings (SSSR count). The van der Waals surface area contributed by atoms with E-state index in [0.717, 1.165) is 11.3 Å². The second-order valence-corrected chi connectivity index (χ2v) is 13.0. The molecule has 0 spiro atoms. The summed E-state index contributed by atoms with van der Waals surface area (Å²) >= 11 is 1.11. The maximum absolute atomic E-state index is 12.2. The molecule has 1 unspecified atom stereocenters. The Kier molecular flexibility index (Phi) is 9.18. The molecule has 12 heteroatoms. The molecule has 162 valence electrons. The highest BCUT2D eigenvalue weighted by Crippen LogP contribution is 2.24. The standard InChI is InChI=1S/C16H27N3O5S3.HI/c1-4-17-15(19-7-9-27(23,24)16(2,3)12-19)18-10-13(20)11-26(21,22)14-6-5-8-25-14;/h5-6,8,13,20H,4,7,9-12H2,1-3H3,(H,17,18);1H. The van der Waals surface area contributed by atoms with Gasteiger partial charge in [-0.3, -0.25) is 4.99 Å². The number of aliphatic imine (C=N–C) groups is 1. The Bertz CT molecular complexity index is 867. The van der Waals surface area contributed by atoms with Crippen molar-refractivity contribution in [2.75, 3.05) is 37.7 Å². The van der Waals surface area contributed by atoms with Crippen molar-refractivity contribution in [3.8, 4) is 0 Å². The fraction of sp³-hybridized carbons (Fsp3) is 0.688. The highest BCUT2D eigenvalue weighted by atomic mass is 127. The fourth-order valence-corrected chi connectivity index (χ4v) is 6.60. The molecular weight excluding hydrogens is 537 g/mol. The van der Waals surface area contributed by atoms with Crippen molar-refractivity contribution in [1.82, 2.24) is 10.2 Å². The van der Waals surface area contributed by atoms with Gasteiger partial charge in [0.2, 0.25) is 0 Å². The van der Waals surface area contributed by atoms with Crippen LogP contribution in [-0.4, -0.2) is 81.3 Å². The summed E-state index contributed by atoms with van der Waals surface area (Å²) in [7, 11) is -6.72. The molecule has 1 fully saturated rings. The van der Waals surface area contributed by atoms with Crippen LogP contribution in [0.2, 0.25) is 0 Å². The Labute approximate surface area is 188 Å². The lowest BCUT2D eigenvalue weighted by atomic mass is 10.2. The third kappa shape index (κ3) is 6.28. The highest BCUT2D eigenvalue weighted by molar-refractivity contribution is 14.0. The summed E-state index contributed by atoms with van der Waals surface area (Å²) in [5.41, 5.74) is 0. The average molecular weight is 566 g/mol. The maximum atomic E-state index is 12.2. The van der Waals surface area contributed by atoms with Gasteiger partial charge in [0, 0.05) is 19.6 Å². The van der Waals surface area contributed by atoms with Crippen molar-refractivity contribution in [3.05, 3.63) is 17.5 Å². The summed E-state index contributed by atoms with van der Waals surface area (Å²) in [6.45, 7) is 6.33. The maximum Gasteiger partial charge on any atom is 0.194 e. The molecule has 1 aromatic heterocycles. The first-order valence-corrected chi connectivity index (χ1v) is 12.9. The molecule has 2 N–H and O–H groups in total. The lowest BCUT2D eigenvalue weighted by Gasteiger charge is -2.39. The van der Waals surface area contributed by atoms with E-state index in [-0.39, 0.29) is 47.0 Å². The quantitative estimate of drug-likeness (QED) is 0.300. The first-order valence-electron chi connectivity index (χ1n) is 8.68. The number of aliphatic hydroxyl groups excluding tert-OH is 1. The molecule has 2 heterocycles. The fourth-order valence-electron chi connectivity index (χ4n) is 2.77. The molecule has 8 nitrogen and oxygen atoms in total. The molecule has 0 amide bonds. The SMILES string of the molecule is CCNC(=NCC(O)CS(=O)(=O)c1cccs1)N1CCS(=O)(=O)C(C)(C)C1.I. The predicted molar refractivity (Wildman–Crippen MR) is 123 cm³/mol. The van der Waals surface area contributed by atoms with Crippen LogP contribution < -0.4 is 5.32 Å². The largest absolute Gasteiger partial charge is 0.390 e. The van der Waals surface area contributed by atoms with Gasteiger partial charge in [-0.25, -0.2) is 16.8 Å². The average Bonchev–Trinajstić information content (AvgIpc) is 3.09. The third-order valence-corrected chi connectivity index (χ3v) is 10.2. The van der Waals surface area contributed by atoms with E-state index >= 15 is 0 Å². The molecule has 1 aliphatic rings. The summed E-state index contributed by atoms with van der Waals surface area (Å²) in [4.78, 5) is 6.18. The number of thiophene rings is 1. The lowest BCUT2D eigenvalue weighted by molar-refractivity contribution is 0.205. The zero-order valence-electron chi connectivity index (χ0n) is 16.2. The lowest BCUT2D eigenvalue weighted by Crippen LogP contribution is -2.57. The first-order chi connectivity index (χ1) is 12.5. The van der Waals surface area contributed by atoms with Crippen molar-refractivity contribution in [1.29, 1.82) is 0 Å². The van der Waals surface area contributed by atoms with E-state index in [1.54, 1.807) is 25.3 Å². The van der Waals surface area contributed by atoms with E-state index < -0.39 is 36.3 Å². The Hall–Kier alpha value is -0.440. The van der Waals surface area contributed by atoms with E-state index in [9.17, 15) is 21.9 Å². The van der Waals surface area contributed by atoms with Crippen LogP contribution in [0, 0.1) is 0 Å². The van der Waals surface area contributed by atoms with Crippen molar-refractivity contribution >= 4 is 60.9 Å². The molecule has 1 saturated heterocycles. The minimum Gasteiger partial charge on any atom is -0.390 e. The number of nitrogens with zero attached hydrogens (tertiary/aromatic N) is 2. The highest BCUT2D eigenvalue weighted by Gasteiger charge is 2.41. The number of halogens is 1. The van der Waals surface area contributed by atoms with E-state index in [0.29, 0.717) is 19.0 Å². The van der Waals surface area contributed by atoms with Crippen molar-refractivity contribution in [3.63, 3.8) is 0 Å². The Morgan fingerprint density at radius 1 is 1.46 bits per heavy atom. The van der Waals surface area contributed by atoms with Crippen LogP contribution in [0.15, 0.2) is 26.7 Å². The molecule has 1 aromatic rings. The first kappa shape index (κ1) is 25.6. The molecule has 0 aliphatic carbocycles. The minimum atomic E-state index is -3.55. The van der Waals surface area contributed by atoms with Crippen LogP contribution >= 0.6 is 35.3 Å². The number of rotatable bonds is 6. The van der Waals surface area contributed by atoms with E-state index in [1.807, 2.05) is 11.8 Å². The van der Waals surface area contributed by atoms with Gasteiger partial charge in [0.25, 0.3) is 0 Å². The van der Waals surface area contributed by atoms with Gasteiger partial charge in [0.05, 0.1) is 28.9 Å². The molecule has 1 atom stereocenters. The number of nitrogens with one attached hydrogen (secondary N) is 1. The summed E-state index contributed by atoms with van der Waals surface area (Å²) < 4.78 is 48.1. The normalized spacial score (nSPS) is 20.3. The number of guanidine groups is 1. The zero-order valence-corrected chi connectivity index (χ0v) is 20.9. The summed E-state index contributed by atoms with van der Waals surface area (Å²) in [5, 5.41) is 14.9. The van der Waals surface area contributed by atoms with Crippen LogP contribution in [0.25, 0.3) is 0 Å². The van der Waals surface area contributed by atoms with Gasteiger partial charge in [-0.2, -0.15) is 0 Å². The van der Waals surface area contributed by atoms with Crippen LogP contribution in [0.4, 0.5) is 0 Å². The topological polar surface area (TPSA) is 116 Å². The van der Waals surface area contributed by atoms with Gasteiger partial charge in [-0.05, 0) is 32.2 Å². The van der Waals surface area contributed by atoms with E-state index in [2.05, 4.69) is 10.3 Å². The van der Waals surface area contributed by atoms with Crippen molar-refractivity contribution in [2.24, 2.45) is 4.99 Å². The number of hydrogen-bond donors (Lipinski definition) is 2. The summed E-state index contributed by atoms with van der Waals surface area (Å²) in [5.74, 6) is 0.101. The van der Waals surface area contributed by atoms with Gasteiger partial charge in [0.15, 0.2) is 25.6 Å². The number of hydrogen-bond acceptors (Lipinski definition) is 7. The van der Waals surface area contributed by atoms with E-state index in [4.69, 9.17) is 0 Å². The Morgan fingerprint density at radius 3 is 2.68 bits per heavy atom. The number of aliphatic hydroxyl groups is 1. The smallest absolute Gasteiger partial charge is 0.194 e. The van der Waals surface area contributed by atoms with Gasteiger partial charge >= 0.3 is 0 Å². The van der Waals surface area contributed by atoms with Gasteiger partial charge in [-0.1, -0.05) is 6.07 Å². The molecule has 28 heavy (non-hydrogen) atoms. The van der Waals surface area contributed by atoms with Gasteiger partial charge < -0.3 is 15.3 Å². The second kappa shape index (κ2) is 10.0. The van der Waals surface area contributed by atoms with Crippen LogP contribution in [0.3, 0.4) is 0 Å². The summed E-state index contributed by atoms with van der Waals surface area (Å²) in [6.07, 6.45) is -1.15. The van der Waals surface area contributed by atoms with Crippen molar-refractivity contribution in [2.45, 2.75) is 35.8 Å². The third-order valence-electron chi connectivity index (χ3n) is 4.34. The molecule has 1 aliphatic heterocycles. The Balaban J connectivity index is 0.00000392. The Morgan fingerprint density at radius 2 is 2.14 bits per heavy atom.